The van der Waals surface area contributed by atoms with Crippen molar-refractivity contribution in [1.82, 2.24) is 10.6 Å². The van der Waals surface area contributed by atoms with E-state index in [1.54, 1.807) is 0 Å². The topological polar surface area (TPSA) is 41.1 Å². The monoisotopic (exact) mass is 316 g/mol. The molecule has 23 heavy (non-hydrogen) atoms. The van der Waals surface area contributed by atoms with Gasteiger partial charge in [0.25, 0.3) is 0 Å². The second-order valence-electron chi connectivity index (χ2n) is 7.65. The van der Waals surface area contributed by atoms with Crippen molar-refractivity contribution in [3.8, 4) is 0 Å². The van der Waals surface area contributed by atoms with Crippen LogP contribution in [0.2, 0.25) is 0 Å². The minimum Gasteiger partial charge on any atom is -0.354 e. The van der Waals surface area contributed by atoms with Crippen molar-refractivity contribution in [3.05, 3.63) is 35.9 Å². The van der Waals surface area contributed by atoms with Gasteiger partial charge in [-0.3, -0.25) is 4.79 Å². The van der Waals surface area contributed by atoms with Gasteiger partial charge in [0.15, 0.2) is 0 Å². The Balaban J connectivity index is 1.75. The normalized spacial score (nSPS) is 17.7. The molecule has 0 bridgehead atoms. The lowest BCUT2D eigenvalue weighted by Crippen LogP contribution is -2.37. The number of nitrogens with one attached hydrogen (secondary N) is 2. The van der Waals surface area contributed by atoms with Crippen molar-refractivity contribution in [2.24, 2.45) is 5.92 Å². The molecule has 1 fully saturated rings. The molecule has 1 aliphatic rings. The van der Waals surface area contributed by atoms with Crippen molar-refractivity contribution in [3.63, 3.8) is 0 Å². The highest BCUT2D eigenvalue weighted by molar-refractivity contribution is 5.76. The van der Waals surface area contributed by atoms with Crippen LogP contribution in [0.4, 0.5) is 0 Å². The lowest BCUT2D eigenvalue weighted by molar-refractivity contribution is -0.122. The zero-order valence-corrected chi connectivity index (χ0v) is 14.9. The summed E-state index contributed by atoms with van der Waals surface area (Å²) in [7, 11) is 0. The molecule has 1 aliphatic heterocycles. The van der Waals surface area contributed by atoms with E-state index >= 15 is 0 Å². The molecule has 1 atom stereocenters. The molecule has 1 unspecified atom stereocenters. The maximum absolute atomic E-state index is 12.2. The average molecular weight is 316 g/mol. The number of rotatable bonds is 7. The molecule has 1 saturated heterocycles. The second kappa shape index (κ2) is 8.49. The molecular formula is C20H32N2O. The fourth-order valence-corrected chi connectivity index (χ4v) is 3.68. The number of piperidine rings is 1. The van der Waals surface area contributed by atoms with Gasteiger partial charge in [-0.1, -0.05) is 44.2 Å². The molecule has 0 spiro atoms. The smallest absolute Gasteiger partial charge is 0.220 e. The van der Waals surface area contributed by atoms with Crippen LogP contribution >= 0.6 is 0 Å². The quantitative estimate of drug-likeness (QED) is 0.806. The Hall–Kier alpha value is -1.35. The van der Waals surface area contributed by atoms with E-state index in [-0.39, 0.29) is 17.4 Å². The maximum atomic E-state index is 12.2. The predicted octanol–water partition coefficient (Wildman–Crippen LogP) is 3.64. The Morgan fingerprint density at radius 2 is 1.91 bits per heavy atom. The van der Waals surface area contributed by atoms with Crippen LogP contribution in [0.15, 0.2) is 30.3 Å². The van der Waals surface area contributed by atoms with Gasteiger partial charge in [0.2, 0.25) is 5.91 Å². The van der Waals surface area contributed by atoms with Crippen molar-refractivity contribution >= 4 is 5.91 Å². The largest absolute Gasteiger partial charge is 0.354 e. The van der Waals surface area contributed by atoms with Gasteiger partial charge in [0.05, 0.1) is 0 Å². The van der Waals surface area contributed by atoms with Gasteiger partial charge in [-0.25, -0.2) is 0 Å². The summed E-state index contributed by atoms with van der Waals surface area (Å²) < 4.78 is 0. The van der Waals surface area contributed by atoms with E-state index in [0.717, 1.165) is 31.8 Å². The van der Waals surface area contributed by atoms with Crippen LogP contribution in [-0.2, 0) is 10.2 Å². The molecule has 2 rings (SSSR count). The highest BCUT2D eigenvalue weighted by atomic mass is 16.1. The van der Waals surface area contributed by atoms with Gasteiger partial charge in [-0.15, -0.1) is 0 Å². The molecule has 3 nitrogen and oxygen atoms in total. The zero-order valence-electron chi connectivity index (χ0n) is 14.9. The Morgan fingerprint density at radius 3 is 2.57 bits per heavy atom. The van der Waals surface area contributed by atoms with E-state index in [2.05, 4.69) is 55.7 Å². The van der Waals surface area contributed by atoms with E-state index in [0.29, 0.717) is 6.42 Å². The first-order chi connectivity index (χ1) is 11.0. The highest BCUT2D eigenvalue weighted by Crippen LogP contribution is 2.28. The molecule has 2 N–H and O–H groups in total. The fraction of sp³-hybridized carbons (Fsp3) is 0.650. The molecule has 0 aliphatic carbocycles. The molecular weight excluding hydrogens is 284 g/mol. The number of hydrogen-bond donors (Lipinski definition) is 2. The van der Waals surface area contributed by atoms with Gasteiger partial charge in [0.1, 0.15) is 0 Å². The Kier molecular flexibility index (Phi) is 6.64. The third-order valence-electron chi connectivity index (χ3n) is 5.02. The van der Waals surface area contributed by atoms with E-state index < -0.39 is 0 Å². The molecule has 1 aromatic carbocycles. The van der Waals surface area contributed by atoms with Gasteiger partial charge >= 0.3 is 0 Å². The second-order valence-corrected chi connectivity index (χ2v) is 7.65. The Morgan fingerprint density at radius 1 is 1.26 bits per heavy atom. The zero-order chi connectivity index (χ0) is 16.7. The number of carbonyl (C=O) groups is 1. The summed E-state index contributed by atoms with van der Waals surface area (Å²) in [5, 5.41) is 6.57. The van der Waals surface area contributed by atoms with Gasteiger partial charge in [0, 0.05) is 12.5 Å². The van der Waals surface area contributed by atoms with E-state index in [1.165, 1.54) is 18.4 Å². The van der Waals surface area contributed by atoms with Crippen molar-refractivity contribution in [2.45, 2.75) is 64.3 Å². The van der Waals surface area contributed by atoms with Crippen LogP contribution in [0.5, 0.6) is 0 Å². The lowest BCUT2D eigenvalue weighted by atomic mass is 9.79. The maximum Gasteiger partial charge on any atom is 0.220 e. The number of amides is 1. The summed E-state index contributed by atoms with van der Waals surface area (Å²) in [5.41, 5.74) is 1.40. The Labute approximate surface area is 141 Å². The molecule has 0 radical (unpaired) electrons. The standard InChI is InChI=1S/C20H32N2O/c1-16(15-20(2,3)18-7-5-4-6-8-18)22-19(23)10-9-17-11-13-21-14-12-17/h4-8,16-17,21H,9-15H2,1-3H3,(H,22,23). The summed E-state index contributed by atoms with van der Waals surface area (Å²) in [6.07, 6.45) is 5.08. The van der Waals surface area contributed by atoms with Gasteiger partial charge < -0.3 is 10.6 Å². The molecule has 1 amide bonds. The van der Waals surface area contributed by atoms with Crippen molar-refractivity contribution in [1.29, 1.82) is 0 Å². The summed E-state index contributed by atoms with van der Waals surface area (Å²) in [4.78, 5) is 12.2. The SMILES string of the molecule is CC(CC(C)(C)c1ccccc1)NC(=O)CCC1CCNCC1. The van der Waals surface area contributed by atoms with Gasteiger partial charge in [-0.2, -0.15) is 0 Å². The van der Waals surface area contributed by atoms with Crippen LogP contribution in [0.25, 0.3) is 0 Å². The number of hydrogen-bond acceptors (Lipinski definition) is 2. The number of benzene rings is 1. The first kappa shape index (κ1) is 18.0. The third kappa shape index (κ3) is 5.98. The molecule has 0 saturated carbocycles. The third-order valence-corrected chi connectivity index (χ3v) is 5.02. The minimum absolute atomic E-state index is 0.0724. The lowest BCUT2D eigenvalue weighted by Gasteiger charge is -2.29. The van der Waals surface area contributed by atoms with E-state index in [4.69, 9.17) is 0 Å². The van der Waals surface area contributed by atoms with Crippen molar-refractivity contribution in [2.75, 3.05) is 13.1 Å². The van der Waals surface area contributed by atoms with Crippen LogP contribution in [0.1, 0.15) is 58.4 Å². The molecule has 1 aromatic rings. The first-order valence-electron chi connectivity index (χ1n) is 9.03. The molecule has 0 aromatic heterocycles. The van der Waals surface area contributed by atoms with Crippen LogP contribution in [0, 0.1) is 5.92 Å². The minimum atomic E-state index is 0.0724. The number of carbonyl (C=O) groups excluding carboxylic acids is 1. The van der Waals surface area contributed by atoms with Crippen molar-refractivity contribution < 1.29 is 4.79 Å². The predicted molar refractivity (Wildman–Crippen MR) is 96.5 cm³/mol. The van der Waals surface area contributed by atoms with Gasteiger partial charge in [-0.05, 0) is 62.6 Å². The van der Waals surface area contributed by atoms with E-state index in [1.807, 2.05) is 6.07 Å². The van der Waals surface area contributed by atoms with E-state index in [9.17, 15) is 4.79 Å². The summed E-state index contributed by atoms with van der Waals surface area (Å²) in [6, 6.07) is 10.8. The fourth-order valence-electron chi connectivity index (χ4n) is 3.68. The first-order valence-corrected chi connectivity index (χ1v) is 9.03. The van der Waals surface area contributed by atoms with Crippen LogP contribution in [-0.4, -0.2) is 25.0 Å². The molecule has 128 valence electrons. The van der Waals surface area contributed by atoms with Crippen LogP contribution in [0.3, 0.4) is 0 Å². The molecule has 1 heterocycles. The Bertz CT molecular complexity index is 478. The summed E-state index contributed by atoms with van der Waals surface area (Å²) in [5.74, 6) is 0.929. The summed E-state index contributed by atoms with van der Waals surface area (Å²) in [6.45, 7) is 8.83. The summed E-state index contributed by atoms with van der Waals surface area (Å²) >= 11 is 0. The van der Waals surface area contributed by atoms with Crippen LogP contribution < -0.4 is 10.6 Å². The average Bonchev–Trinajstić information content (AvgIpc) is 2.54. The molecule has 3 heteroatoms. The highest BCUT2D eigenvalue weighted by Gasteiger charge is 2.24.